The van der Waals surface area contributed by atoms with Gasteiger partial charge in [-0.15, -0.1) is 0 Å². The molecule has 0 unspecified atom stereocenters. The van der Waals surface area contributed by atoms with Crippen LogP contribution >= 0.6 is 0 Å². The fourth-order valence-electron chi connectivity index (χ4n) is 14.7. The molecule has 18 rings (SSSR count). The van der Waals surface area contributed by atoms with Gasteiger partial charge in [-0.2, -0.15) is 0 Å². The molecule has 0 amide bonds. The molecule has 0 heterocycles. The monoisotopic (exact) mass is 1140 g/mol. The van der Waals surface area contributed by atoms with Crippen molar-refractivity contribution in [2.45, 2.75) is 0 Å². The Labute approximate surface area is 522 Å². The van der Waals surface area contributed by atoms with Crippen LogP contribution in [0.15, 0.2) is 340 Å². The summed E-state index contributed by atoms with van der Waals surface area (Å²) in [4.78, 5) is 4.87. The molecule has 2 nitrogen and oxygen atoms in total. The standard InChI is InChI=1S/C88H56N2/c1-5-15-57(16-6-1)60-31-41-70(42-32-60)89(69-25-11-4-12-26-69)73-47-53-79-81(55-73)87(77-51-39-67-29-27-63-21-13-23-65-37-49-75(77)85(67)83(63)65)80-54-48-74(56-82(80)88(79)78-52-40-68-30-28-64-22-14-24-66-38-50-76(78)86(68)84(64)66)90(71-43-33-61(34-44-71)58-17-7-2-8-18-58)72-45-35-62(36-46-72)59-19-9-3-10-20-59/h1-56H. The second-order valence-electron chi connectivity index (χ2n) is 23.9. The molecule has 0 saturated heterocycles. The van der Waals surface area contributed by atoms with Crippen molar-refractivity contribution in [3.05, 3.63) is 340 Å². The van der Waals surface area contributed by atoms with Crippen molar-refractivity contribution in [3.8, 4) is 55.6 Å². The Hall–Kier alpha value is -11.8. The first-order valence-electron chi connectivity index (χ1n) is 31.1. The van der Waals surface area contributed by atoms with Gasteiger partial charge in [-0.1, -0.05) is 267 Å². The van der Waals surface area contributed by atoms with Crippen molar-refractivity contribution < 1.29 is 0 Å². The lowest BCUT2D eigenvalue weighted by Gasteiger charge is -2.29. The Morgan fingerprint density at radius 2 is 0.422 bits per heavy atom. The zero-order valence-electron chi connectivity index (χ0n) is 49.2. The van der Waals surface area contributed by atoms with Crippen molar-refractivity contribution in [1.82, 2.24) is 0 Å². The van der Waals surface area contributed by atoms with Gasteiger partial charge in [-0.25, -0.2) is 0 Å². The van der Waals surface area contributed by atoms with Crippen molar-refractivity contribution in [3.63, 3.8) is 0 Å². The van der Waals surface area contributed by atoms with Crippen LogP contribution in [0.2, 0.25) is 0 Å². The van der Waals surface area contributed by atoms with E-state index in [4.69, 9.17) is 0 Å². The van der Waals surface area contributed by atoms with Crippen molar-refractivity contribution >= 4 is 120 Å². The van der Waals surface area contributed by atoms with Gasteiger partial charge >= 0.3 is 0 Å². The summed E-state index contributed by atoms with van der Waals surface area (Å²) < 4.78 is 0. The number of nitrogens with zero attached hydrogens (tertiary/aromatic N) is 2. The largest absolute Gasteiger partial charge is 0.310 e. The number of hydrogen-bond acceptors (Lipinski definition) is 2. The summed E-state index contributed by atoms with van der Waals surface area (Å²) in [6.07, 6.45) is 0. The van der Waals surface area contributed by atoms with Gasteiger partial charge in [0.05, 0.1) is 0 Å². The Morgan fingerprint density at radius 3 is 0.778 bits per heavy atom. The number of rotatable bonds is 11. The smallest absolute Gasteiger partial charge is 0.0468 e. The van der Waals surface area contributed by atoms with Gasteiger partial charge in [-0.05, 0) is 215 Å². The molecule has 90 heavy (non-hydrogen) atoms. The zero-order chi connectivity index (χ0) is 59.2. The number of anilines is 6. The van der Waals surface area contributed by atoms with Gasteiger partial charge in [0, 0.05) is 34.1 Å². The Kier molecular flexibility index (Phi) is 12.0. The lowest BCUT2D eigenvalue weighted by atomic mass is 9.81. The van der Waals surface area contributed by atoms with E-state index < -0.39 is 0 Å². The van der Waals surface area contributed by atoms with Crippen LogP contribution in [0.3, 0.4) is 0 Å². The third-order valence-corrected chi connectivity index (χ3v) is 18.9. The minimum atomic E-state index is 1.06. The first-order valence-corrected chi connectivity index (χ1v) is 31.1. The molecule has 0 spiro atoms. The molecule has 18 aromatic rings. The molecule has 418 valence electrons. The lowest BCUT2D eigenvalue weighted by Crippen LogP contribution is -2.10. The maximum Gasteiger partial charge on any atom is 0.0468 e. The average Bonchev–Trinajstić information content (AvgIpc) is 0.744. The highest BCUT2D eigenvalue weighted by atomic mass is 15.1. The molecule has 0 aliphatic carbocycles. The molecule has 0 aromatic heterocycles. The first kappa shape index (κ1) is 51.4. The van der Waals surface area contributed by atoms with E-state index in [1.807, 2.05) is 0 Å². The fraction of sp³-hybridized carbons (Fsp3) is 0. The Bertz CT molecular complexity index is 5610. The van der Waals surface area contributed by atoms with Crippen LogP contribution in [0.25, 0.3) is 142 Å². The topological polar surface area (TPSA) is 6.48 Å². The summed E-state index contributed by atoms with van der Waals surface area (Å²) >= 11 is 0. The number of benzene rings is 18. The molecule has 0 aliphatic rings. The summed E-state index contributed by atoms with van der Waals surface area (Å²) in [6.45, 7) is 0. The van der Waals surface area contributed by atoms with E-state index >= 15 is 0 Å². The zero-order valence-corrected chi connectivity index (χ0v) is 49.2. The summed E-state index contributed by atoms with van der Waals surface area (Å²) in [5.41, 5.74) is 18.3. The highest BCUT2D eigenvalue weighted by Gasteiger charge is 2.26. The van der Waals surface area contributed by atoms with Crippen LogP contribution in [0, 0.1) is 0 Å². The summed E-state index contributed by atoms with van der Waals surface area (Å²) in [5, 5.41) is 19.8. The second-order valence-corrected chi connectivity index (χ2v) is 23.9. The van der Waals surface area contributed by atoms with Crippen LogP contribution in [-0.2, 0) is 0 Å². The predicted octanol–water partition coefficient (Wildman–Crippen LogP) is 25.1. The molecule has 0 radical (unpaired) electrons. The Balaban J connectivity index is 0.955. The summed E-state index contributed by atoms with van der Waals surface area (Å²) in [7, 11) is 0. The molecule has 0 aliphatic heterocycles. The molecule has 0 bridgehead atoms. The first-order chi connectivity index (χ1) is 44.6. The highest BCUT2D eigenvalue weighted by Crippen LogP contribution is 2.53. The quantitative estimate of drug-likeness (QED) is 0.0941. The SMILES string of the molecule is c1ccc(-c2ccc(N(c3ccccc3)c3ccc4c(-c5ccc6ccc7cccc8ccc5c6c78)c5cc(N(c6ccc(-c7ccccc7)cc6)c6ccc(-c7ccccc7)cc6)ccc5c(-c5ccc6ccc7cccc8ccc5c6c78)c4c3)cc2)cc1. The molecule has 0 fully saturated rings. The summed E-state index contributed by atoms with van der Waals surface area (Å²) in [6, 6.07) is 126. The maximum atomic E-state index is 2.50. The van der Waals surface area contributed by atoms with Gasteiger partial charge in [0.15, 0.2) is 0 Å². The molecule has 2 heteroatoms. The highest BCUT2D eigenvalue weighted by molar-refractivity contribution is 6.32. The van der Waals surface area contributed by atoms with Crippen molar-refractivity contribution in [1.29, 1.82) is 0 Å². The average molecular weight is 1140 g/mol. The van der Waals surface area contributed by atoms with Crippen molar-refractivity contribution in [2.24, 2.45) is 0 Å². The normalized spacial score (nSPS) is 11.8. The lowest BCUT2D eigenvalue weighted by molar-refractivity contribution is 1.29. The van der Waals surface area contributed by atoms with E-state index in [0.717, 1.165) is 34.1 Å². The van der Waals surface area contributed by atoms with E-state index in [9.17, 15) is 0 Å². The second kappa shape index (κ2) is 21.0. The predicted molar refractivity (Wildman–Crippen MR) is 385 cm³/mol. The van der Waals surface area contributed by atoms with Crippen LogP contribution in [0.5, 0.6) is 0 Å². The van der Waals surface area contributed by atoms with Crippen LogP contribution in [-0.4, -0.2) is 0 Å². The third-order valence-electron chi connectivity index (χ3n) is 18.9. The number of hydrogen-bond donors (Lipinski definition) is 0. The van der Waals surface area contributed by atoms with Crippen LogP contribution in [0.4, 0.5) is 34.1 Å². The minimum absolute atomic E-state index is 1.06. The van der Waals surface area contributed by atoms with Crippen LogP contribution < -0.4 is 9.80 Å². The molecule has 18 aromatic carbocycles. The molecular formula is C88H56N2. The molecule has 0 atom stereocenters. The van der Waals surface area contributed by atoms with E-state index in [-0.39, 0.29) is 0 Å². The summed E-state index contributed by atoms with van der Waals surface area (Å²) in [5.74, 6) is 0. The van der Waals surface area contributed by atoms with E-state index in [2.05, 4.69) is 350 Å². The van der Waals surface area contributed by atoms with Gasteiger partial charge in [0.2, 0.25) is 0 Å². The molecule has 0 N–H and O–H groups in total. The van der Waals surface area contributed by atoms with E-state index in [1.54, 1.807) is 0 Å². The minimum Gasteiger partial charge on any atom is -0.310 e. The molecule has 0 saturated carbocycles. The number of para-hydroxylation sites is 1. The van der Waals surface area contributed by atoms with E-state index in [1.165, 1.54) is 142 Å². The molecular weight excluding hydrogens is 1080 g/mol. The van der Waals surface area contributed by atoms with Gasteiger partial charge in [0.1, 0.15) is 0 Å². The maximum absolute atomic E-state index is 2.50. The fourth-order valence-corrected chi connectivity index (χ4v) is 14.7. The van der Waals surface area contributed by atoms with Gasteiger partial charge in [0.25, 0.3) is 0 Å². The number of fused-ring (bicyclic) bond motifs is 2. The third kappa shape index (κ3) is 8.41. The van der Waals surface area contributed by atoms with Gasteiger partial charge < -0.3 is 9.80 Å². The Morgan fingerprint density at radius 1 is 0.156 bits per heavy atom. The van der Waals surface area contributed by atoms with Gasteiger partial charge in [-0.3, -0.25) is 0 Å². The van der Waals surface area contributed by atoms with Crippen molar-refractivity contribution in [2.75, 3.05) is 9.80 Å². The van der Waals surface area contributed by atoms with Crippen LogP contribution in [0.1, 0.15) is 0 Å². The van der Waals surface area contributed by atoms with E-state index in [0.29, 0.717) is 0 Å².